The summed E-state index contributed by atoms with van der Waals surface area (Å²) in [6.45, 7) is 10.3. The molecule has 3 nitrogen and oxygen atoms in total. The van der Waals surface area contributed by atoms with Gasteiger partial charge in [0.15, 0.2) is 5.78 Å². The van der Waals surface area contributed by atoms with Gasteiger partial charge < -0.3 is 10.6 Å². The van der Waals surface area contributed by atoms with Gasteiger partial charge in [-0.3, -0.25) is 4.79 Å². The van der Waals surface area contributed by atoms with Gasteiger partial charge in [0.25, 0.3) is 0 Å². The second-order valence-corrected chi connectivity index (χ2v) is 6.05. The Labute approximate surface area is 139 Å². The zero-order valence-corrected chi connectivity index (χ0v) is 14.5. The first-order chi connectivity index (χ1) is 11.0. The number of carbonyl (C=O) groups excluding carboxylic acids is 1. The van der Waals surface area contributed by atoms with Crippen LogP contribution in [-0.2, 0) is 0 Å². The number of nitrogens with two attached hydrogens (primary N) is 1. The number of benzene rings is 2. The molecule has 2 aromatic rings. The van der Waals surface area contributed by atoms with Gasteiger partial charge in [-0.2, -0.15) is 0 Å². The number of nitrogens with zero attached hydrogens (tertiary/aromatic N) is 1. The van der Waals surface area contributed by atoms with Crippen LogP contribution in [0.2, 0.25) is 0 Å². The van der Waals surface area contributed by atoms with Gasteiger partial charge in [0.1, 0.15) is 0 Å². The second-order valence-electron chi connectivity index (χ2n) is 6.05. The quantitative estimate of drug-likeness (QED) is 0.632. The molecule has 0 aromatic heterocycles. The van der Waals surface area contributed by atoms with Crippen LogP contribution in [0.25, 0.3) is 0 Å². The van der Waals surface area contributed by atoms with Gasteiger partial charge in [-0.25, -0.2) is 0 Å². The maximum absolute atomic E-state index is 12.6. The fourth-order valence-corrected chi connectivity index (χ4v) is 2.73. The monoisotopic (exact) mass is 310 g/mol. The summed E-state index contributed by atoms with van der Waals surface area (Å²) in [5.41, 5.74) is 10.4. The Balaban J connectivity index is 2.27. The van der Waals surface area contributed by atoms with E-state index in [1.807, 2.05) is 36.4 Å². The lowest BCUT2D eigenvalue weighted by Gasteiger charge is -2.23. The highest BCUT2D eigenvalue weighted by Crippen LogP contribution is 2.25. The molecule has 122 valence electrons. The van der Waals surface area contributed by atoms with Gasteiger partial charge in [-0.1, -0.05) is 38.1 Å². The fourth-order valence-electron chi connectivity index (χ4n) is 2.73. The van der Waals surface area contributed by atoms with Crippen molar-refractivity contribution < 1.29 is 4.79 Å². The molecular weight excluding hydrogens is 284 g/mol. The number of carbonyl (C=O) groups is 1. The first kappa shape index (κ1) is 17.1. The van der Waals surface area contributed by atoms with Crippen molar-refractivity contribution in [3.05, 3.63) is 59.2 Å². The van der Waals surface area contributed by atoms with Gasteiger partial charge in [0, 0.05) is 24.2 Å². The highest BCUT2D eigenvalue weighted by atomic mass is 16.1. The van der Waals surface area contributed by atoms with Gasteiger partial charge >= 0.3 is 0 Å². The van der Waals surface area contributed by atoms with Crippen LogP contribution in [0, 0.1) is 0 Å². The topological polar surface area (TPSA) is 46.3 Å². The third kappa shape index (κ3) is 3.73. The van der Waals surface area contributed by atoms with E-state index in [2.05, 4.69) is 32.6 Å². The Bertz CT molecular complexity index is 671. The third-order valence-corrected chi connectivity index (χ3v) is 4.23. The molecule has 23 heavy (non-hydrogen) atoms. The minimum absolute atomic E-state index is 0.0121. The highest BCUT2D eigenvalue weighted by molar-refractivity contribution is 6.09. The van der Waals surface area contributed by atoms with Crippen molar-refractivity contribution in [3.63, 3.8) is 0 Å². The zero-order valence-electron chi connectivity index (χ0n) is 14.5. The standard InChI is InChI=1S/C20H26N2O/c1-5-22(6-2)19-12-11-17(13-18(19)21)20(23)16-9-7-15(8-10-16)14(3)4/h7-14H,5-6,21H2,1-4H3. The smallest absolute Gasteiger partial charge is 0.193 e. The maximum atomic E-state index is 12.6. The van der Waals surface area contributed by atoms with Gasteiger partial charge in [0.05, 0.1) is 11.4 Å². The summed E-state index contributed by atoms with van der Waals surface area (Å²) in [4.78, 5) is 14.8. The van der Waals surface area contributed by atoms with Crippen molar-refractivity contribution in [1.29, 1.82) is 0 Å². The zero-order chi connectivity index (χ0) is 17.0. The van der Waals surface area contributed by atoms with Crippen LogP contribution in [-0.4, -0.2) is 18.9 Å². The summed E-state index contributed by atoms with van der Waals surface area (Å²) in [5.74, 6) is 0.473. The summed E-state index contributed by atoms with van der Waals surface area (Å²) >= 11 is 0. The average molecular weight is 310 g/mol. The molecule has 0 spiro atoms. The average Bonchev–Trinajstić information content (AvgIpc) is 2.56. The molecule has 3 heteroatoms. The Kier molecular flexibility index (Phi) is 5.43. The Morgan fingerprint density at radius 3 is 2.04 bits per heavy atom. The molecule has 0 atom stereocenters. The molecule has 0 bridgehead atoms. The van der Waals surface area contributed by atoms with Crippen LogP contribution >= 0.6 is 0 Å². The molecule has 0 aliphatic rings. The Hall–Kier alpha value is -2.29. The van der Waals surface area contributed by atoms with E-state index in [1.54, 1.807) is 6.07 Å². The summed E-state index contributed by atoms with van der Waals surface area (Å²) in [7, 11) is 0. The Morgan fingerprint density at radius 2 is 1.57 bits per heavy atom. The third-order valence-electron chi connectivity index (χ3n) is 4.23. The van der Waals surface area contributed by atoms with Crippen LogP contribution in [0.15, 0.2) is 42.5 Å². The van der Waals surface area contributed by atoms with Crippen molar-refractivity contribution >= 4 is 17.2 Å². The molecule has 0 saturated heterocycles. The van der Waals surface area contributed by atoms with E-state index < -0.39 is 0 Å². The molecule has 0 aliphatic carbocycles. The first-order valence-electron chi connectivity index (χ1n) is 8.27. The minimum Gasteiger partial charge on any atom is -0.397 e. The van der Waals surface area contributed by atoms with Gasteiger partial charge in [-0.15, -0.1) is 0 Å². The molecule has 0 unspecified atom stereocenters. The van der Waals surface area contributed by atoms with Crippen molar-refractivity contribution in [3.8, 4) is 0 Å². The maximum Gasteiger partial charge on any atom is 0.193 e. The SMILES string of the molecule is CCN(CC)c1ccc(C(=O)c2ccc(C(C)C)cc2)cc1N. The number of hydrogen-bond donors (Lipinski definition) is 1. The number of nitrogen functional groups attached to an aromatic ring is 1. The summed E-state index contributed by atoms with van der Waals surface area (Å²) in [6, 6.07) is 13.4. The molecule has 0 heterocycles. The highest BCUT2D eigenvalue weighted by Gasteiger charge is 2.13. The van der Waals surface area contributed by atoms with Gasteiger partial charge in [-0.05, 0) is 43.5 Å². The number of anilines is 2. The molecule has 2 N–H and O–H groups in total. The minimum atomic E-state index is 0.0121. The number of rotatable bonds is 6. The lowest BCUT2D eigenvalue weighted by molar-refractivity contribution is 0.103. The number of ketones is 1. The normalized spacial score (nSPS) is 10.8. The largest absolute Gasteiger partial charge is 0.397 e. The molecule has 2 rings (SSSR count). The van der Waals surface area contributed by atoms with Crippen molar-refractivity contribution in [1.82, 2.24) is 0 Å². The van der Waals surface area contributed by atoms with Gasteiger partial charge in [0.2, 0.25) is 0 Å². The summed E-state index contributed by atoms with van der Waals surface area (Å²) in [5, 5.41) is 0. The molecule has 0 saturated carbocycles. The van der Waals surface area contributed by atoms with Crippen LogP contribution in [0.5, 0.6) is 0 Å². The molecule has 2 aromatic carbocycles. The number of hydrogen-bond acceptors (Lipinski definition) is 3. The molecule has 0 aliphatic heterocycles. The fraction of sp³-hybridized carbons (Fsp3) is 0.350. The van der Waals surface area contributed by atoms with Crippen LogP contribution in [0.1, 0.15) is 55.1 Å². The lowest BCUT2D eigenvalue weighted by atomic mass is 9.97. The van der Waals surface area contributed by atoms with Crippen LogP contribution < -0.4 is 10.6 Å². The summed E-state index contributed by atoms with van der Waals surface area (Å²) < 4.78 is 0. The van der Waals surface area contributed by atoms with Crippen LogP contribution in [0.4, 0.5) is 11.4 Å². The van der Waals surface area contributed by atoms with E-state index in [0.717, 1.165) is 18.8 Å². The molecule has 0 amide bonds. The lowest BCUT2D eigenvalue weighted by Crippen LogP contribution is -2.23. The van der Waals surface area contributed by atoms with E-state index in [-0.39, 0.29) is 5.78 Å². The first-order valence-corrected chi connectivity index (χ1v) is 8.27. The Morgan fingerprint density at radius 1 is 1.00 bits per heavy atom. The van der Waals surface area contributed by atoms with E-state index in [4.69, 9.17) is 5.73 Å². The molecule has 0 fully saturated rings. The van der Waals surface area contributed by atoms with Crippen molar-refractivity contribution in [2.45, 2.75) is 33.6 Å². The van der Waals surface area contributed by atoms with Crippen molar-refractivity contribution in [2.24, 2.45) is 0 Å². The van der Waals surface area contributed by atoms with E-state index >= 15 is 0 Å². The van der Waals surface area contributed by atoms with Crippen molar-refractivity contribution in [2.75, 3.05) is 23.7 Å². The molecular formula is C20H26N2O. The van der Waals surface area contributed by atoms with E-state index in [9.17, 15) is 4.79 Å². The second kappa shape index (κ2) is 7.32. The van der Waals surface area contributed by atoms with E-state index in [1.165, 1.54) is 5.56 Å². The summed E-state index contributed by atoms with van der Waals surface area (Å²) in [6.07, 6.45) is 0. The predicted molar refractivity (Wildman–Crippen MR) is 98.4 cm³/mol. The van der Waals surface area contributed by atoms with Crippen LogP contribution in [0.3, 0.4) is 0 Å². The molecule has 0 radical (unpaired) electrons. The predicted octanol–water partition coefficient (Wildman–Crippen LogP) is 4.47. The van der Waals surface area contributed by atoms with E-state index in [0.29, 0.717) is 22.7 Å².